The molecule has 1 heterocycles. The van der Waals surface area contributed by atoms with Crippen LogP contribution in [0.2, 0.25) is 0 Å². The van der Waals surface area contributed by atoms with Gasteiger partial charge in [-0.3, -0.25) is 0 Å². The Hall–Kier alpha value is -1.02. The molecular weight excluding hydrogens is 234 g/mol. The van der Waals surface area contributed by atoms with Gasteiger partial charge in [0.25, 0.3) is 0 Å². The summed E-state index contributed by atoms with van der Waals surface area (Å²) >= 11 is 0. The first kappa shape index (κ1) is 14.4. The van der Waals surface area contributed by atoms with E-state index in [1.165, 1.54) is 16.8 Å². The normalized spacial score (nSPS) is 24.6. The van der Waals surface area contributed by atoms with Gasteiger partial charge >= 0.3 is 0 Å². The molecule has 106 valence electrons. The zero-order valence-electron chi connectivity index (χ0n) is 13.2. The number of benzene rings is 1. The summed E-state index contributed by atoms with van der Waals surface area (Å²) in [5.74, 6) is 0. The van der Waals surface area contributed by atoms with Crippen LogP contribution < -0.4 is 4.90 Å². The van der Waals surface area contributed by atoms with E-state index in [4.69, 9.17) is 4.74 Å². The number of rotatable bonds is 1. The average Bonchev–Trinajstić information content (AvgIpc) is 2.26. The molecule has 19 heavy (non-hydrogen) atoms. The minimum atomic E-state index is 0.200. The molecule has 2 rings (SSSR count). The van der Waals surface area contributed by atoms with Gasteiger partial charge in [0.2, 0.25) is 0 Å². The molecule has 1 aliphatic rings. The number of morpholine rings is 1. The van der Waals surface area contributed by atoms with Crippen molar-refractivity contribution in [2.45, 2.75) is 59.2 Å². The standard InChI is InChI=1S/C17H27NO/c1-12-7-8-15(17(4,5)6)9-16(12)18-10-13(2)19-14(3)11-18/h7-9,13-14H,10-11H2,1-6H3/t13-,14-/m1/s1. The molecule has 1 aliphatic heterocycles. The van der Waals surface area contributed by atoms with E-state index in [2.05, 4.69) is 64.6 Å². The van der Waals surface area contributed by atoms with Crippen LogP contribution in [-0.2, 0) is 10.2 Å². The van der Waals surface area contributed by atoms with Gasteiger partial charge in [-0.15, -0.1) is 0 Å². The first-order valence-electron chi connectivity index (χ1n) is 7.29. The van der Waals surface area contributed by atoms with Crippen LogP contribution >= 0.6 is 0 Å². The van der Waals surface area contributed by atoms with Gasteiger partial charge < -0.3 is 9.64 Å². The third kappa shape index (κ3) is 3.30. The highest BCUT2D eigenvalue weighted by atomic mass is 16.5. The molecule has 2 heteroatoms. The van der Waals surface area contributed by atoms with Crippen LogP contribution in [0.15, 0.2) is 18.2 Å². The molecule has 0 N–H and O–H groups in total. The van der Waals surface area contributed by atoms with Crippen molar-refractivity contribution < 1.29 is 4.74 Å². The number of anilines is 1. The van der Waals surface area contributed by atoms with E-state index in [0.29, 0.717) is 12.2 Å². The number of hydrogen-bond acceptors (Lipinski definition) is 2. The van der Waals surface area contributed by atoms with Crippen molar-refractivity contribution in [1.82, 2.24) is 0 Å². The lowest BCUT2D eigenvalue weighted by Crippen LogP contribution is -2.45. The first-order chi connectivity index (χ1) is 8.77. The summed E-state index contributed by atoms with van der Waals surface area (Å²) in [6.45, 7) is 15.3. The van der Waals surface area contributed by atoms with Crippen LogP contribution in [0.5, 0.6) is 0 Å². The molecule has 1 fully saturated rings. The summed E-state index contributed by atoms with van der Waals surface area (Å²) in [7, 11) is 0. The Bertz CT molecular complexity index is 437. The van der Waals surface area contributed by atoms with Crippen molar-refractivity contribution in [1.29, 1.82) is 0 Å². The van der Waals surface area contributed by atoms with E-state index in [1.807, 2.05) is 0 Å². The molecule has 0 aliphatic carbocycles. The second kappa shape index (κ2) is 5.16. The van der Waals surface area contributed by atoms with Crippen molar-refractivity contribution >= 4 is 5.69 Å². The van der Waals surface area contributed by atoms with Crippen LogP contribution in [0, 0.1) is 6.92 Å². The Morgan fingerprint density at radius 3 is 2.21 bits per heavy atom. The third-order valence-corrected chi connectivity index (χ3v) is 3.84. The fourth-order valence-corrected chi connectivity index (χ4v) is 2.79. The summed E-state index contributed by atoms with van der Waals surface area (Å²) in [6, 6.07) is 6.87. The van der Waals surface area contributed by atoms with Crippen molar-refractivity contribution in [3.63, 3.8) is 0 Å². The zero-order valence-corrected chi connectivity index (χ0v) is 13.2. The number of nitrogens with zero attached hydrogens (tertiary/aromatic N) is 1. The van der Waals surface area contributed by atoms with Crippen molar-refractivity contribution in [3.05, 3.63) is 29.3 Å². The van der Waals surface area contributed by atoms with Gasteiger partial charge in [-0.2, -0.15) is 0 Å². The molecule has 1 aromatic rings. The highest BCUT2D eigenvalue weighted by Gasteiger charge is 2.24. The maximum Gasteiger partial charge on any atom is 0.0726 e. The van der Waals surface area contributed by atoms with Crippen LogP contribution in [0.25, 0.3) is 0 Å². The molecule has 1 saturated heterocycles. The predicted octanol–water partition coefficient (Wildman–Crippen LogP) is 3.91. The molecule has 2 atom stereocenters. The summed E-state index contributed by atoms with van der Waals surface area (Å²) in [6.07, 6.45) is 0.614. The highest BCUT2D eigenvalue weighted by molar-refractivity contribution is 5.56. The van der Waals surface area contributed by atoms with Gasteiger partial charge in [0.15, 0.2) is 0 Å². The maximum atomic E-state index is 5.83. The minimum absolute atomic E-state index is 0.200. The molecule has 0 unspecified atom stereocenters. The minimum Gasteiger partial charge on any atom is -0.372 e. The van der Waals surface area contributed by atoms with Crippen LogP contribution in [0.1, 0.15) is 45.7 Å². The summed E-state index contributed by atoms with van der Waals surface area (Å²) in [5.41, 5.74) is 4.33. The van der Waals surface area contributed by atoms with Gasteiger partial charge in [0.1, 0.15) is 0 Å². The second-order valence-electron chi connectivity index (χ2n) is 6.91. The predicted molar refractivity (Wildman–Crippen MR) is 82.1 cm³/mol. The Kier molecular flexibility index (Phi) is 3.91. The SMILES string of the molecule is Cc1ccc(C(C)(C)C)cc1N1C[C@@H](C)O[C@H](C)C1. The maximum absolute atomic E-state index is 5.83. The highest BCUT2D eigenvalue weighted by Crippen LogP contribution is 2.30. The molecular formula is C17H27NO. The van der Waals surface area contributed by atoms with Crippen LogP contribution in [0.4, 0.5) is 5.69 Å². The van der Waals surface area contributed by atoms with E-state index < -0.39 is 0 Å². The van der Waals surface area contributed by atoms with Crippen LogP contribution in [-0.4, -0.2) is 25.3 Å². The Labute approximate surface area is 117 Å². The average molecular weight is 261 g/mol. The fraction of sp³-hybridized carbons (Fsp3) is 0.647. The number of aryl methyl sites for hydroxylation is 1. The Balaban J connectivity index is 2.33. The molecule has 0 radical (unpaired) electrons. The number of hydrogen-bond donors (Lipinski definition) is 0. The molecule has 2 nitrogen and oxygen atoms in total. The first-order valence-corrected chi connectivity index (χ1v) is 7.29. The lowest BCUT2D eigenvalue weighted by Gasteiger charge is -2.38. The van der Waals surface area contributed by atoms with Gasteiger partial charge in [-0.1, -0.05) is 32.9 Å². The largest absolute Gasteiger partial charge is 0.372 e. The summed E-state index contributed by atoms with van der Waals surface area (Å²) < 4.78 is 5.83. The smallest absolute Gasteiger partial charge is 0.0726 e. The van der Waals surface area contributed by atoms with E-state index in [1.54, 1.807) is 0 Å². The Morgan fingerprint density at radius 1 is 1.11 bits per heavy atom. The summed E-state index contributed by atoms with van der Waals surface area (Å²) in [5, 5.41) is 0. The monoisotopic (exact) mass is 261 g/mol. The Morgan fingerprint density at radius 2 is 1.68 bits per heavy atom. The molecule has 1 aromatic carbocycles. The molecule has 0 bridgehead atoms. The van der Waals surface area contributed by atoms with E-state index in [-0.39, 0.29) is 5.41 Å². The fourth-order valence-electron chi connectivity index (χ4n) is 2.79. The van der Waals surface area contributed by atoms with Gasteiger partial charge in [0.05, 0.1) is 12.2 Å². The lowest BCUT2D eigenvalue weighted by atomic mass is 9.86. The van der Waals surface area contributed by atoms with Crippen molar-refractivity contribution in [2.24, 2.45) is 0 Å². The molecule has 0 amide bonds. The van der Waals surface area contributed by atoms with E-state index in [0.717, 1.165) is 13.1 Å². The van der Waals surface area contributed by atoms with Crippen molar-refractivity contribution in [3.8, 4) is 0 Å². The number of ether oxygens (including phenoxy) is 1. The van der Waals surface area contributed by atoms with Gasteiger partial charge in [-0.05, 0) is 43.4 Å². The van der Waals surface area contributed by atoms with E-state index in [9.17, 15) is 0 Å². The second-order valence-corrected chi connectivity index (χ2v) is 6.91. The topological polar surface area (TPSA) is 12.5 Å². The van der Waals surface area contributed by atoms with Gasteiger partial charge in [0, 0.05) is 18.8 Å². The van der Waals surface area contributed by atoms with Crippen molar-refractivity contribution in [2.75, 3.05) is 18.0 Å². The quantitative estimate of drug-likeness (QED) is 0.760. The molecule has 0 saturated carbocycles. The van der Waals surface area contributed by atoms with E-state index >= 15 is 0 Å². The van der Waals surface area contributed by atoms with Crippen LogP contribution in [0.3, 0.4) is 0 Å². The lowest BCUT2D eigenvalue weighted by molar-refractivity contribution is -0.00525. The van der Waals surface area contributed by atoms with Gasteiger partial charge in [-0.25, -0.2) is 0 Å². The summed E-state index contributed by atoms with van der Waals surface area (Å²) in [4.78, 5) is 2.48. The molecule has 0 aromatic heterocycles. The zero-order chi connectivity index (χ0) is 14.2. The third-order valence-electron chi connectivity index (χ3n) is 3.84. The molecule has 0 spiro atoms.